The van der Waals surface area contributed by atoms with E-state index in [2.05, 4.69) is 0 Å². The van der Waals surface area contributed by atoms with E-state index < -0.39 is 17.6 Å². The average Bonchev–Trinajstić information content (AvgIpc) is 2.50. The third kappa shape index (κ3) is 2.06. The Morgan fingerprint density at radius 3 is 2.12 bits per heavy atom. The van der Waals surface area contributed by atoms with E-state index in [0.29, 0.717) is 0 Å². The van der Waals surface area contributed by atoms with Gasteiger partial charge in [0.2, 0.25) is 0 Å². The Bertz CT molecular complexity index is 518. The molecule has 1 aliphatic heterocycles. The maximum absolute atomic E-state index is 13.4. The summed E-state index contributed by atoms with van der Waals surface area (Å²) in [7, 11) is 0. The zero-order chi connectivity index (χ0) is 12.6. The summed E-state index contributed by atoms with van der Waals surface area (Å²) >= 11 is 11.1. The van der Waals surface area contributed by atoms with Crippen LogP contribution >= 0.6 is 23.2 Å². The van der Waals surface area contributed by atoms with Gasteiger partial charge in [0.15, 0.2) is 0 Å². The fourth-order valence-corrected chi connectivity index (χ4v) is 1.82. The van der Waals surface area contributed by atoms with E-state index in [9.17, 15) is 14.0 Å². The SMILES string of the molecule is O=C1C(Cl)=C(Cl)C(=O)N1Cc1ccccc1F. The highest BCUT2D eigenvalue weighted by atomic mass is 35.5. The van der Waals surface area contributed by atoms with Gasteiger partial charge in [0.1, 0.15) is 15.9 Å². The lowest BCUT2D eigenvalue weighted by atomic mass is 10.2. The van der Waals surface area contributed by atoms with Crippen LogP contribution in [0.25, 0.3) is 0 Å². The molecule has 0 saturated heterocycles. The molecular formula is C11H6Cl2FNO2. The first-order chi connectivity index (χ1) is 8.02. The number of halogens is 3. The Morgan fingerprint density at radius 1 is 1.06 bits per heavy atom. The van der Waals surface area contributed by atoms with Crippen LogP contribution in [0.2, 0.25) is 0 Å². The first-order valence-corrected chi connectivity index (χ1v) is 5.43. The van der Waals surface area contributed by atoms with Crippen LogP contribution in [-0.4, -0.2) is 16.7 Å². The predicted octanol–water partition coefficient (Wildman–Crippen LogP) is 2.38. The van der Waals surface area contributed by atoms with Gasteiger partial charge in [0.05, 0.1) is 6.54 Å². The van der Waals surface area contributed by atoms with E-state index in [4.69, 9.17) is 23.2 Å². The molecule has 0 atom stereocenters. The van der Waals surface area contributed by atoms with E-state index in [1.807, 2.05) is 0 Å². The molecule has 2 rings (SSSR count). The lowest BCUT2D eigenvalue weighted by Crippen LogP contribution is -2.30. The smallest absolute Gasteiger partial charge is 0.268 e. The van der Waals surface area contributed by atoms with Crippen LogP contribution < -0.4 is 0 Å². The number of hydrogen-bond donors (Lipinski definition) is 0. The predicted molar refractivity (Wildman–Crippen MR) is 60.7 cm³/mol. The molecule has 0 unspecified atom stereocenters. The highest BCUT2D eigenvalue weighted by molar-refractivity contribution is 6.58. The third-order valence-corrected chi connectivity index (χ3v) is 3.14. The summed E-state index contributed by atoms with van der Waals surface area (Å²) in [5.74, 6) is -1.90. The molecule has 2 amide bonds. The van der Waals surface area contributed by atoms with E-state index in [-0.39, 0.29) is 22.2 Å². The van der Waals surface area contributed by atoms with Crippen molar-refractivity contribution in [3.63, 3.8) is 0 Å². The van der Waals surface area contributed by atoms with Gasteiger partial charge in [-0.05, 0) is 6.07 Å². The Hall–Kier alpha value is -1.39. The molecule has 0 N–H and O–H groups in total. The van der Waals surface area contributed by atoms with Gasteiger partial charge in [0, 0.05) is 5.56 Å². The first-order valence-electron chi connectivity index (χ1n) is 4.67. The van der Waals surface area contributed by atoms with Crippen molar-refractivity contribution in [2.45, 2.75) is 6.54 Å². The monoisotopic (exact) mass is 273 g/mol. The highest BCUT2D eigenvalue weighted by Crippen LogP contribution is 2.28. The molecule has 0 spiro atoms. The molecule has 1 aliphatic rings. The van der Waals surface area contributed by atoms with Gasteiger partial charge in [-0.25, -0.2) is 4.39 Å². The van der Waals surface area contributed by atoms with Crippen LogP contribution in [0.3, 0.4) is 0 Å². The van der Waals surface area contributed by atoms with Crippen molar-refractivity contribution in [2.24, 2.45) is 0 Å². The van der Waals surface area contributed by atoms with E-state index in [0.717, 1.165) is 4.90 Å². The van der Waals surface area contributed by atoms with Crippen LogP contribution in [0, 0.1) is 5.82 Å². The normalized spacial score (nSPS) is 16.1. The van der Waals surface area contributed by atoms with Crippen molar-refractivity contribution in [2.75, 3.05) is 0 Å². The zero-order valence-corrected chi connectivity index (χ0v) is 9.93. The van der Waals surface area contributed by atoms with Gasteiger partial charge in [-0.3, -0.25) is 14.5 Å². The molecule has 0 radical (unpaired) electrons. The molecule has 1 heterocycles. The van der Waals surface area contributed by atoms with Crippen LogP contribution in [0.4, 0.5) is 4.39 Å². The van der Waals surface area contributed by atoms with Crippen LogP contribution in [0.5, 0.6) is 0 Å². The zero-order valence-electron chi connectivity index (χ0n) is 8.41. The largest absolute Gasteiger partial charge is 0.274 e. The average molecular weight is 274 g/mol. The fraction of sp³-hybridized carbons (Fsp3) is 0.0909. The molecule has 1 aromatic carbocycles. The van der Waals surface area contributed by atoms with Gasteiger partial charge >= 0.3 is 0 Å². The minimum absolute atomic E-state index is 0.184. The molecule has 1 aromatic rings. The molecule has 6 heteroatoms. The number of nitrogens with zero attached hydrogens (tertiary/aromatic N) is 1. The number of carbonyl (C=O) groups is 2. The summed E-state index contributed by atoms with van der Waals surface area (Å²) in [4.78, 5) is 23.9. The number of carbonyl (C=O) groups excluding carboxylic acids is 2. The number of imide groups is 1. The number of amides is 2. The van der Waals surface area contributed by atoms with Crippen molar-refractivity contribution >= 4 is 35.0 Å². The van der Waals surface area contributed by atoms with Crippen molar-refractivity contribution in [3.8, 4) is 0 Å². The number of rotatable bonds is 2. The topological polar surface area (TPSA) is 37.4 Å². The molecule has 0 aliphatic carbocycles. The van der Waals surface area contributed by atoms with E-state index >= 15 is 0 Å². The van der Waals surface area contributed by atoms with E-state index in [1.165, 1.54) is 18.2 Å². The van der Waals surface area contributed by atoms with Crippen LogP contribution in [-0.2, 0) is 16.1 Å². The lowest BCUT2D eigenvalue weighted by molar-refractivity contribution is -0.137. The molecule has 17 heavy (non-hydrogen) atoms. The molecule has 88 valence electrons. The second-order valence-corrected chi connectivity index (χ2v) is 4.17. The van der Waals surface area contributed by atoms with Crippen molar-refractivity contribution in [1.29, 1.82) is 0 Å². The minimum Gasteiger partial charge on any atom is -0.268 e. The minimum atomic E-state index is -0.704. The number of hydrogen-bond acceptors (Lipinski definition) is 2. The molecule has 0 fully saturated rings. The summed E-state index contributed by atoms with van der Waals surface area (Å²) in [5.41, 5.74) is 0.227. The molecule has 0 aromatic heterocycles. The molecule has 0 saturated carbocycles. The third-order valence-electron chi connectivity index (χ3n) is 2.34. The second-order valence-electron chi connectivity index (χ2n) is 3.42. The summed E-state index contributed by atoms with van der Waals surface area (Å²) in [5, 5.41) is -0.652. The molecular weight excluding hydrogens is 268 g/mol. The Kier molecular flexibility index (Phi) is 3.17. The van der Waals surface area contributed by atoms with Gasteiger partial charge < -0.3 is 0 Å². The Morgan fingerprint density at radius 2 is 1.59 bits per heavy atom. The van der Waals surface area contributed by atoms with E-state index in [1.54, 1.807) is 6.07 Å². The fourth-order valence-electron chi connectivity index (χ4n) is 1.46. The standard InChI is InChI=1S/C11H6Cl2FNO2/c12-8-9(13)11(17)15(10(8)16)5-6-3-1-2-4-7(6)14/h1-4H,5H2. The maximum Gasteiger partial charge on any atom is 0.274 e. The highest BCUT2D eigenvalue weighted by Gasteiger charge is 2.36. The number of benzene rings is 1. The summed E-state index contributed by atoms with van der Waals surface area (Å²) in [6.07, 6.45) is 0. The summed E-state index contributed by atoms with van der Waals surface area (Å²) in [6.45, 7) is -0.184. The van der Waals surface area contributed by atoms with Gasteiger partial charge in [0.25, 0.3) is 11.8 Å². The van der Waals surface area contributed by atoms with Gasteiger partial charge in [-0.15, -0.1) is 0 Å². The first kappa shape index (κ1) is 12.1. The Balaban J connectivity index is 2.26. The summed E-state index contributed by atoms with van der Waals surface area (Å²) < 4.78 is 13.4. The lowest BCUT2D eigenvalue weighted by Gasteiger charge is -2.14. The van der Waals surface area contributed by atoms with Crippen molar-refractivity contribution in [3.05, 3.63) is 45.7 Å². The summed E-state index contributed by atoms with van der Waals surface area (Å²) in [6, 6.07) is 5.86. The molecule has 0 bridgehead atoms. The Labute approximate surface area is 106 Å². The van der Waals surface area contributed by atoms with Crippen molar-refractivity contribution in [1.82, 2.24) is 4.90 Å². The maximum atomic E-state index is 13.4. The van der Waals surface area contributed by atoms with Gasteiger partial charge in [-0.1, -0.05) is 41.4 Å². The van der Waals surface area contributed by atoms with Crippen LogP contribution in [0.1, 0.15) is 5.56 Å². The van der Waals surface area contributed by atoms with Crippen molar-refractivity contribution < 1.29 is 14.0 Å². The van der Waals surface area contributed by atoms with Gasteiger partial charge in [-0.2, -0.15) is 0 Å². The van der Waals surface area contributed by atoms with Crippen LogP contribution in [0.15, 0.2) is 34.3 Å². The second kappa shape index (κ2) is 4.47. The molecule has 3 nitrogen and oxygen atoms in total. The quantitative estimate of drug-likeness (QED) is 0.776.